The molecule has 2 rings (SSSR count). The first kappa shape index (κ1) is 18.9. The fourth-order valence-electron chi connectivity index (χ4n) is 2.76. The van der Waals surface area contributed by atoms with E-state index in [-0.39, 0.29) is 6.61 Å². The zero-order chi connectivity index (χ0) is 18.6. The molecular formula is C17H22N2O5S. The van der Waals surface area contributed by atoms with Crippen molar-refractivity contribution in [3.63, 3.8) is 0 Å². The Bertz CT molecular complexity index is 717. The average molecular weight is 366 g/mol. The van der Waals surface area contributed by atoms with Crippen LogP contribution in [0.2, 0.25) is 0 Å². The summed E-state index contributed by atoms with van der Waals surface area (Å²) in [6.45, 7) is 3.81. The van der Waals surface area contributed by atoms with E-state index in [1.54, 1.807) is 33.1 Å². The molecule has 2 N–H and O–H groups in total. The highest BCUT2D eigenvalue weighted by Gasteiger charge is 2.34. The molecule has 0 spiro atoms. The van der Waals surface area contributed by atoms with E-state index in [0.29, 0.717) is 39.2 Å². The van der Waals surface area contributed by atoms with Gasteiger partial charge in [0, 0.05) is 11.3 Å². The number of thiocarbonyl (C=S) groups is 1. The van der Waals surface area contributed by atoms with Crippen molar-refractivity contribution >= 4 is 23.3 Å². The first-order valence-electron chi connectivity index (χ1n) is 7.72. The monoisotopic (exact) mass is 366 g/mol. The van der Waals surface area contributed by atoms with Crippen molar-refractivity contribution in [2.45, 2.75) is 19.9 Å². The predicted octanol–water partition coefficient (Wildman–Crippen LogP) is 2.07. The van der Waals surface area contributed by atoms with Gasteiger partial charge < -0.3 is 29.6 Å². The van der Waals surface area contributed by atoms with Crippen LogP contribution in [0.25, 0.3) is 0 Å². The molecule has 1 aromatic rings. The maximum Gasteiger partial charge on any atom is 0.338 e. The normalized spacial score (nSPS) is 16.7. The number of allylic oxidation sites excluding steroid dienone is 1. The third kappa shape index (κ3) is 3.63. The molecule has 7 nitrogen and oxygen atoms in total. The second-order valence-corrected chi connectivity index (χ2v) is 5.62. The Morgan fingerprint density at radius 1 is 1.16 bits per heavy atom. The van der Waals surface area contributed by atoms with Crippen molar-refractivity contribution in [2.75, 3.05) is 27.9 Å². The topological polar surface area (TPSA) is 78.1 Å². The van der Waals surface area contributed by atoms with Crippen LogP contribution in [-0.2, 0) is 9.53 Å². The van der Waals surface area contributed by atoms with Gasteiger partial charge in [0.05, 0.1) is 39.6 Å². The molecule has 25 heavy (non-hydrogen) atoms. The number of carbonyl (C=O) groups excluding carboxylic acids is 1. The second-order valence-electron chi connectivity index (χ2n) is 5.21. The van der Waals surface area contributed by atoms with Crippen LogP contribution in [0.1, 0.15) is 25.5 Å². The van der Waals surface area contributed by atoms with Gasteiger partial charge in [-0.3, -0.25) is 0 Å². The Kier molecular flexibility index (Phi) is 6.08. The second kappa shape index (κ2) is 8.06. The highest BCUT2D eigenvalue weighted by Crippen LogP contribution is 2.44. The predicted molar refractivity (Wildman–Crippen MR) is 97.0 cm³/mol. The van der Waals surface area contributed by atoms with Crippen LogP contribution in [-0.4, -0.2) is 39.0 Å². The number of esters is 1. The third-order valence-electron chi connectivity index (χ3n) is 3.81. The van der Waals surface area contributed by atoms with E-state index in [1.165, 1.54) is 14.2 Å². The Morgan fingerprint density at radius 3 is 2.40 bits per heavy atom. The number of nitrogens with one attached hydrogen (secondary N) is 2. The van der Waals surface area contributed by atoms with Crippen LogP contribution in [0, 0.1) is 0 Å². The summed E-state index contributed by atoms with van der Waals surface area (Å²) in [5.41, 5.74) is 1.75. The van der Waals surface area contributed by atoms with E-state index in [1.807, 2.05) is 0 Å². The van der Waals surface area contributed by atoms with Gasteiger partial charge in [-0.05, 0) is 38.2 Å². The molecule has 1 aliphatic heterocycles. The largest absolute Gasteiger partial charge is 0.493 e. The zero-order valence-electron chi connectivity index (χ0n) is 14.9. The highest BCUT2D eigenvalue weighted by atomic mass is 32.1. The lowest BCUT2D eigenvalue weighted by atomic mass is 9.94. The van der Waals surface area contributed by atoms with Crippen molar-refractivity contribution in [1.29, 1.82) is 0 Å². The molecule has 0 fully saturated rings. The summed E-state index contributed by atoms with van der Waals surface area (Å²) in [6, 6.07) is 3.02. The molecular weight excluding hydrogens is 344 g/mol. The highest BCUT2D eigenvalue weighted by molar-refractivity contribution is 7.80. The molecule has 0 radical (unpaired) electrons. The molecule has 136 valence electrons. The fourth-order valence-corrected chi connectivity index (χ4v) is 3.03. The lowest BCUT2D eigenvalue weighted by Gasteiger charge is -2.31. The maximum absolute atomic E-state index is 12.5. The van der Waals surface area contributed by atoms with Crippen molar-refractivity contribution in [3.05, 3.63) is 29.0 Å². The molecule has 1 aromatic carbocycles. The molecule has 1 heterocycles. The zero-order valence-corrected chi connectivity index (χ0v) is 15.7. The summed E-state index contributed by atoms with van der Waals surface area (Å²) in [6.07, 6.45) is 0. The van der Waals surface area contributed by atoms with Crippen LogP contribution in [0.4, 0.5) is 0 Å². The summed E-state index contributed by atoms with van der Waals surface area (Å²) in [7, 11) is 4.60. The van der Waals surface area contributed by atoms with Gasteiger partial charge in [0.15, 0.2) is 16.6 Å². The Labute approximate surface area is 152 Å². The number of hydrogen-bond acceptors (Lipinski definition) is 6. The third-order valence-corrected chi connectivity index (χ3v) is 4.03. The van der Waals surface area contributed by atoms with E-state index in [4.69, 9.17) is 31.2 Å². The number of hydrogen-bond donors (Lipinski definition) is 2. The van der Waals surface area contributed by atoms with Gasteiger partial charge in [0.2, 0.25) is 5.75 Å². The van der Waals surface area contributed by atoms with Crippen molar-refractivity contribution in [1.82, 2.24) is 10.6 Å². The Balaban J connectivity index is 2.63. The van der Waals surface area contributed by atoms with E-state index < -0.39 is 12.0 Å². The van der Waals surface area contributed by atoms with Crippen LogP contribution >= 0.6 is 12.2 Å². The van der Waals surface area contributed by atoms with Crippen molar-refractivity contribution in [2.24, 2.45) is 0 Å². The summed E-state index contributed by atoms with van der Waals surface area (Å²) in [5, 5.41) is 6.47. The molecule has 0 amide bonds. The van der Waals surface area contributed by atoms with E-state index in [2.05, 4.69) is 10.6 Å². The first-order valence-corrected chi connectivity index (χ1v) is 8.13. The SMILES string of the molecule is CCOC(=O)C1=C(C)NC(=S)NC1c1ccc(OC)c(OC)c1OC. The summed E-state index contributed by atoms with van der Waals surface area (Å²) < 4.78 is 21.5. The molecule has 1 unspecified atom stereocenters. The standard InChI is InChI=1S/C17H22N2O5S/c1-6-24-16(20)12-9(2)18-17(25)19-13(12)10-7-8-11(21-3)15(23-5)14(10)22-4/h7-8,13H,6H2,1-5H3,(H2,18,19,25). The number of rotatable bonds is 6. The first-order chi connectivity index (χ1) is 12.0. The van der Waals surface area contributed by atoms with Crippen LogP contribution in [0.5, 0.6) is 17.2 Å². The molecule has 1 aliphatic rings. The number of ether oxygens (including phenoxy) is 4. The molecule has 0 saturated heterocycles. The van der Waals surface area contributed by atoms with Crippen LogP contribution < -0.4 is 24.8 Å². The summed E-state index contributed by atoms with van der Waals surface area (Å²) >= 11 is 5.25. The Hall–Kier alpha value is -2.48. The van der Waals surface area contributed by atoms with E-state index in [0.717, 1.165) is 0 Å². The minimum absolute atomic E-state index is 0.274. The lowest BCUT2D eigenvalue weighted by Crippen LogP contribution is -2.45. The van der Waals surface area contributed by atoms with Crippen LogP contribution in [0.3, 0.4) is 0 Å². The average Bonchev–Trinajstić information content (AvgIpc) is 2.59. The Morgan fingerprint density at radius 2 is 1.84 bits per heavy atom. The van der Waals surface area contributed by atoms with Gasteiger partial charge in [-0.2, -0.15) is 0 Å². The smallest absolute Gasteiger partial charge is 0.338 e. The summed E-state index contributed by atoms with van der Waals surface area (Å²) in [5.74, 6) is 0.996. The number of carbonyl (C=O) groups is 1. The number of methoxy groups -OCH3 is 3. The fraction of sp³-hybridized carbons (Fsp3) is 0.412. The molecule has 0 bridgehead atoms. The lowest BCUT2D eigenvalue weighted by molar-refractivity contribution is -0.139. The van der Waals surface area contributed by atoms with Crippen LogP contribution in [0.15, 0.2) is 23.4 Å². The van der Waals surface area contributed by atoms with Gasteiger partial charge in [-0.25, -0.2) is 4.79 Å². The van der Waals surface area contributed by atoms with Crippen molar-refractivity contribution in [3.8, 4) is 17.2 Å². The summed E-state index contributed by atoms with van der Waals surface area (Å²) in [4.78, 5) is 12.5. The minimum Gasteiger partial charge on any atom is -0.493 e. The molecule has 0 aliphatic carbocycles. The minimum atomic E-state index is -0.539. The van der Waals surface area contributed by atoms with Gasteiger partial charge in [0.25, 0.3) is 0 Å². The van der Waals surface area contributed by atoms with Gasteiger partial charge in [0.1, 0.15) is 0 Å². The molecule has 8 heteroatoms. The van der Waals surface area contributed by atoms with E-state index >= 15 is 0 Å². The van der Waals surface area contributed by atoms with Crippen molar-refractivity contribution < 1.29 is 23.7 Å². The van der Waals surface area contributed by atoms with E-state index in [9.17, 15) is 4.79 Å². The van der Waals surface area contributed by atoms with Gasteiger partial charge in [-0.1, -0.05) is 0 Å². The molecule has 1 atom stereocenters. The van der Waals surface area contributed by atoms with Gasteiger partial charge >= 0.3 is 5.97 Å². The number of benzene rings is 1. The molecule has 0 aromatic heterocycles. The quantitative estimate of drug-likeness (QED) is 0.585. The maximum atomic E-state index is 12.5. The van der Waals surface area contributed by atoms with Gasteiger partial charge in [-0.15, -0.1) is 0 Å². The molecule has 0 saturated carbocycles.